The topological polar surface area (TPSA) is 12.4 Å². The molecule has 1 heterocycles. The van der Waals surface area contributed by atoms with Gasteiger partial charge in [0.2, 0.25) is 0 Å². The third kappa shape index (κ3) is 1.44. The van der Waals surface area contributed by atoms with E-state index in [0.717, 1.165) is 5.69 Å². The van der Waals surface area contributed by atoms with Crippen LogP contribution in [0.4, 0.5) is 5.69 Å². The number of benzene rings is 1. The van der Waals surface area contributed by atoms with E-state index < -0.39 is 0 Å². The average Bonchev–Trinajstić information content (AvgIpc) is 2.04. The number of rotatable bonds is 0. The summed E-state index contributed by atoms with van der Waals surface area (Å²) in [5, 5.41) is 0. The van der Waals surface area contributed by atoms with Gasteiger partial charge in [0.25, 0.3) is 0 Å². The fourth-order valence-corrected chi connectivity index (χ4v) is 2.16. The number of para-hydroxylation sites is 1. The van der Waals surface area contributed by atoms with Gasteiger partial charge in [-0.15, -0.1) is 11.8 Å². The lowest BCUT2D eigenvalue weighted by molar-refractivity contribution is 1.36. The monoisotopic (exact) mass is 181 g/mol. The summed E-state index contributed by atoms with van der Waals surface area (Å²) in [4.78, 5) is 5.47. The molecule has 1 aliphatic rings. The maximum atomic E-state index is 4.30. The van der Waals surface area contributed by atoms with E-state index in [1.54, 1.807) is 11.8 Å². The van der Waals surface area contributed by atoms with Crippen LogP contribution in [0.3, 0.4) is 0 Å². The van der Waals surface area contributed by atoms with Crippen molar-refractivity contribution >= 4 is 36.3 Å². The number of thiol groups is 1. The van der Waals surface area contributed by atoms with Crippen LogP contribution in [0.15, 0.2) is 34.2 Å². The summed E-state index contributed by atoms with van der Waals surface area (Å²) in [5.41, 5.74) is 1.06. The normalized spacial score (nSPS) is 21.4. The van der Waals surface area contributed by atoms with Crippen molar-refractivity contribution in [1.82, 2.24) is 0 Å². The van der Waals surface area contributed by atoms with Gasteiger partial charge in [0.15, 0.2) is 0 Å². The molecule has 2 rings (SSSR count). The second-order valence-corrected chi connectivity index (χ2v) is 4.34. The minimum Gasteiger partial charge on any atom is -0.258 e. The van der Waals surface area contributed by atoms with Crippen LogP contribution in [-0.4, -0.2) is 10.8 Å². The molecule has 1 aliphatic heterocycles. The highest BCUT2D eigenvalue weighted by atomic mass is 32.2. The molecule has 0 aliphatic carbocycles. The van der Waals surface area contributed by atoms with E-state index in [-0.39, 0.29) is 4.58 Å². The molecule has 0 amide bonds. The Bertz CT molecular complexity index is 296. The number of nitrogens with zero attached hydrogens (tertiary/aromatic N) is 1. The summed E-state index contributed by atoms with van der Waals surface area (Å²) in [6.07, 6.45) is 1.86. The lowest BCUT2D eigenvalue weighted by Gasteiger charge is -2.12. The van der Waals surface area contributed by atoms with Crippen molar-refractivity contribution in [2.45, 2.75) is 9.48 Å². The van der Waals surface area contributed by atoms with Gasteiger partial charge in [0.1, 0.15) is 0 Å². The zero-order valence-electron chi connectivity index (χ0n) is 5.77. The van der Waals surface area contributed by atoms with Gasteiger partial charge in [-0.3, -0.25) is 4.99 Å². The third-order valence-corrected chi connectivity index (χ3v) is 2.87. The number of hydrogen-bond acceptors (Lipinski definition) is 3. The minimum atomic E-state index is 0.213. The molecule has 0 bridgehead atoms. The number of hydrogen-bond donors (Lipinski definition) is 1. The van der Waals surface area contributed by atoms with Gasteiger partial charge < -0.3 is 0 Å². The SMILES string of the molecule is SC1C=Nc2ccccc2S1. The molecule has 1 aromatic rings. The molecule has 0 saturated heterocycles. The van der Waals surface area contributed by atoms with Crippen molar-refractivity contribution in [2.24, 2.45) is 4.99 Å². The molecule has 1 atom stereocenters. The van der Waals surface area contributed by atoms with Crippen molar-refractivity contribution in [3.8, 4) is 0 Å². The van der Waals surface area contributed by atoms with Crippen molar-refractivity contribution in [3.63, 3.8) is 0 Å². The van der Waals surface area contributed by atoms with Gasteiger partial charge in [0.05, 0.1) is 10.3 Å². The Hall–Kier alpha value is -0.410. The van der Waals surface area contributed by atoms with E-state index in [1.165, 1.54) is 4.90 Å². The number of thioether (sulfide) groups is 1. The summed E-state index contributed by atoms with van der Waals surface area (Å²) in [6.45, 7) is 0. The zero-order chi connectivity index (χ0) is 7.68. The highest BCUT2D eigenvalue weighted by molar-refractivity contribution is 8.11. The van der Waals surface area contributed by atoms with Crippen LogP contribution in [0.1, 0.15) is 0 Å². The molecule has 0 saturated carbocycles. The first-order valence-corrected chi connectivity index (χ1v) is 4.74. The molecule has 1 unspecified atom stereocenters. The van der Waals surface area contributed by atoms with E-state index in [1.807, 2.05) is 24.4 Å². The van der Waals surface area contributed by atoms with E-state index in [0.29, 0.717) is 0 Å². The van der Waals surface area contributed by atoms with Crippen molar-refractivity contribution < 1.29 is 0 Å². The molecule has 1 nitrogen and oxygen atoms in total. The molecular weight excluding hydrogens is 174 g/mol. The molecule has 0 spiro atoms. The standard InChI is InChI=1S/C8H7NS2/c10-8-5-9-6-3-1-2-4-7(6)11-8/h1-5,8,10H. The van der Waals surface area contributed by atoms with Crippen molar-refractivity contribution in [2.75, 3.05) is 0 Å². The maximum absolute atomic E-state index is 4.30. The predicted molar refractivity (Wildman–Crippen MR) is 53.2 cm³/mol. The van der Waals surface area contributed by atoms with Crippen LogP contribution in [0, 0.1) is 0 Å². The maximum Gasteiger partial charge on any atom is 0.0871 e. The largest absolute Gasteiger partial charge is 0.258 e. The summed E-state index contributed by atoms with van der Waals surface area (Å²) >= 11 is 6.03. The Morgan fingerprint density at radius 3 is 3.09 bits per heavy atom. The zero-order valence-corrected chi connectivity index (χ0v) is 7.48. The van der Waals surface area contributed by atoms with Crippen LogP contribution >= 0.6 is 24.4 Å². The molecule has 11 heavy (non-hydrogen) atoms. The molecule has 3 heteroatoms. The van der Waals surface area contributed by atoms with Crippen molar-refractivity contribution in [3.05, 3.63) is 24.3 Å². The first kappa shape index (κ1) is 7.25. The summed E-state index contributed by atoms with van der Waals surface area (Å²) in [6, 6.07) is 8.10. The minimum absolute atomic E-state index is 0.213. The summed E-state index contributed by atoms with van der Waals surface area (Å²) in [7, 11) is 0. The lowest BCUT2D eigenvalue weighted by Crippen LogP contribution is -1.97. The smallest absolute Gasteiger partial charge is 0.0871 e. The number of aliphatic imine (C=N–C) groups is 1. The first-order valence-electron chi connectivity index (χ1n) is 3.34. The summed E-state index contributed by atoms with van der Waals surface area (Å²) in [5.74, 6) is 0. The lowest BCUT2D eigenvalue weighted by atomic mass is 10.3. The Kier molecular flexibility index (Phi) is 1.92. The molecule has 56 valence electrons. The fraction of sp³-hybridized carbons (Fsp3) is 0.125. The van der Waals surface area contributed by atoms with Crippen LogP contribution in [-0.2, 0) is 0 Å². The molecule has 1 aromatic carbocycles. The third-order valence-electron chi connectivity index (χ3n) is 1.45. The molecule has 0 fully saturated rings. The Labute approximate surface area is 75.3 Å². The van der Waals surface area contributed by atoms with Crippen LogP contribution in [0.2, 0.25) is 0 Å². The van der Waals surface area contributed by atoms with E-state index in [2.05, 4.69) is 23.7 Å². The highest BCUT2D eigenvalue weighted by Crippen LogP contribution is 2.36. The van der Waals surface area contributed by atoms with E-state index >= 15 is 0 Å². The summed E-state index contributed by atoms with van der Waals surface area (Å²) < 4.78 is 0.213. The quantitative estimate of drug-likeness (QED) is 0.607. The molecule has 0 radical (unpaired) electrons. The fourth-order valence-electron chi connectivity index (χ4n) is 0.968. The van der Waals surface area contributed by atoms with Gasteiger partial charge in [-0.2, -0.15) is 12.6 Å². The van der Waals surface area contributed by atoms with Crippen molar-refractivity contribution in [1.29, 1.82) is 0 Å². The predicted octanol–water partition coefficient (Wildman–Crippen LogP) is 2.75. The molecule has 0 aromatic heterocycles. The average molecular weight is 181 g/mol. The van der Waals surface area contributed by atoms with Gasteiger partial charge in [-0.25, -0.2) is 0 Å². The van der Waals surface area contributed by atoms with Crippen LogP contribution in [0.25, 0.3) is 0 Å². The number of fused-ring (bicyclic) bond motifs is 1. The Morgan fingerprint density at radius 2 is 2.18 bits per heavy atom. The second-order valence-electron chi connectivity index (χ2n) is 2.25. The van der Waals surface area contributed by atoms with Gasteiger partial charge in [-0.05, 0) is 12.1 Å². The van der Waals surface area contributed by atoms with Gasteiger partial charge in [-0.1, -0.05) is 12.1 Å². The highest BCUT2D eigenvalue weighted by Gasteiger charge is 2.10. The van der Waals surface area contributed by atoms with Crippen LogP contribution < -0.4 is 0 Å². The van der Waals surface area contributed by atoms with E-state index in [4.69, 9.17) is 0 Å². The van der Waals surface area contributed by atoms with Gasteiger partial charge in [0, 0.05) is 11.1 Å². The second kappa shape index (κ2) is 2.91. The Balaban J connectivity index is 2.46. The van der Waals surface area contributed by atoms with Gasteiger partial charge >= 0.3 is 0 Å². The van der Waals surface area contributed by atoms with E-state index in [9.17, 15) is 0 Å². The van der Waals surface area contributed by atoms with Crippen LogP contribution in [0.5, 0.6) is 0 Å². The molecular formula is C8H7NS2. The first-order chi connectivity index (χ1) is 5.36. The molecule has 0 N–H and O–H groups in total. The Morgan fingerprint density at radius 1 is 1.36 bits per heavy atom.